The summed E-state index contributed by atoms with van der Waals surface area (Å²) in [5.41, 5.74) is -0.565. The lowest BCUT2D eigenvalue weighted by molar-refractivity contribution is 0.0515. The summed E-state index contributed by atoms with van der Waals surface area (Å²) in [5, 5.41) is 11.4. The number of ether oxygens (including phenoxy) is 4. The number of benzene rings is 1. The SMILES string of the molecule is CC.CN(C)CCNC(=O)c1cc(C=O)c(OCCCCCNC(=O)OC(C)(C)C)cc1OCCCCCNC(=O)OC(C)(C)C.CNCCN(C)C. The van der Waals surface area contributed by atoms with Crippen molar-refractivity contribution in [2.24, 2.45) is 0 Å². The quantitative estimate of drug-likeness (QED) is 0.0846. The average Bonchev–Trinajstić information content (AvgIpc) is 3.05. The number of nitrogens with zero attached hydrogens (tertiary/aromatic N) is 2. The van der Waals surface area contributed by atoms with E-state index in [1.807, 2.05) is 81.4 Å². The summed E-state index contributed by atoms with van der Waals surface area (Å²) in [6.45, 7) is 19.8. The molecular weight excluding hydrogens is 680 g/mol. The van der Waals surface area contributed by atoms with E-state index in [9.17, 15) is 19.2 Å². The third-order valence-corrected chi connectivity index (χ3v) is 6.63. The van der Waals surface area contributed by atoms with Crippen molar-refractivity contribution in [1.82, 2.24) is 31.1 Å². The molecule has 53 heavy (non-hydrogen) atoms. The van der Waals surface area contributed by atoms with Crippen LogP contribution in [0.25, 0.3) is 0 Å². The Labute approximate surface area is 320 Å². The molecule has 308 valence electrons. The van der Waals surface area contributed by atoms with Gasteiger partial charge in [0.25, 0.3) is 5.91 Å². The van der Waals surface area contributed by atoms with Gasteiger partial charge in [-0.05, 0) is 121 Å². The number of nitrogens with one attached hydrogen (secondary N) is 4. The van der Waals surface area contributed by atoms with Crippen molar-refractivity contribution in [2.45, 2.75) is 105 Å². The maximum atomic E-state index is 13.0. The molecule has 0 aliphatic heterocycles. The number of alkyl carbamates (subject to hydrolysis) is 2. The number of rotatable bonds is 22. The Morgan fingerprint density at radius 3 is 1.49 bits per heavy atom. The summed E-state index contributed by atoms with van der Waals surface area (Å²) in [4.78, 5) is 52.5. The zero-order valence-corrected chi connectivity index (χ0v) is 35.3. The molecule has 1 aromatic carbocycles. The van der Waals surface area contributed by atoms with Gasteiger partial charge in [0.2, 0.25) is 0 Å². The Balaban J connectivity index is 0. The van der Waals surface area contributed by atoms with E-state index in [4.69, 9.17) is 18.9 Å². The number of carbonyl (C=O) groups excluding carboxylic acids is 4. The molecule has 0 aliphatic carbocycles. The molecule has 0 aromatic heterocycles. The standard InChI is InChI=1S/C32H54N4O8.C5H14N2.C2H6/c1-31(2,3)43-29(39)34-15-11-9-13-19-41-26-22-27(25(21-24(26)23-37)28(38)33-17-18-36(7)8)42-20-14-10-12-16-35-30(40)44-32(4,5)6;1-6-4-5-7(2)3;1-2/h21-23H,9-20H2,1-8H3,(H,33,38)(H,34,39)(H,35,40);6H,4-5H2,1-3H3;1-2H3. The first-order valence-electron chi connectivity index (χ1n) is 18.9. The molecule has 0 unspecified atom stereocenters. The maximum absolute atomic E-state index is 13.0. The highest BCUT2D eigenvalue weighted by molar-refractivity contribution is 5.99. The number of amides is 3. The van der Waals surface area contributed by atoms with Crippen molar-refractivity contribution in [3.05, 3.63) is 23.3 Å². The normalized spacial score (nSPS) is 11.0. The smallest absolute Gasteiger partial charge is 0.407 e. The Kier molecular flexibility index (Phi) is 28.9. The van der Waals surface area contributed by atoms with E-state index in [1.54, 1.807) is 6.07 Å². The van der Waals surface area contributed by atoms with Gasteiger partial charge < -0.3 is 50.0 Å². The fraction of sp³-hybridized carbons (Fsp3) is 0.744. The molecule has 0 saturated heterocycles. The van der Waals surface area contributed by atoms with Gasteiger partial charge in [-0.15, -0.1) is 0 Å². The zero-order chi connectivity index (χ0) is 40.9. The predicted molar refractivity (Wildman–Crippen MR) is 214 cm³/mol. The second kappa shape index (κ2) is 29.8. The Morgan fingerprint density at radius 1 is 0.642 bits per heavy atom. The highest BCUT2D eigenvalue weighted by Crippen LogP contribution is 2.29. The van der Waals surface area contributed by atoms with E-state index in [1.165, 1.54) is 6.07 Å². The molecule has 4 N–H and O–H groups in total. The second-order valence-corrected chi connectivity index (χ2v) is 14.6. The van der Waals surface area contributed by atoms with Gasteiger partial charge in [-0.25, -0.2) is 9.59 Å². The summed E-state index contributed by atoms with van der Waals surface area (Å²) in [6, 6.07) is 3.09. The van der Waals surface area contributed by atoms with E-state index in [2.05, 4.69) is 40.3 Å². The highest BCUT2D eigenvalue weighted by Gasteiger charge is 2.19. The Bertz CT molecular complexity index is 1150. The van der Waals surface area contributed by atoms with Gasteiger partial charge >= 0.3 is 12.2 Å². The van der Waals surface area contributed by atoms with E-state index >= 15 is 0 Å². The molecular formula is C39H74N6O8. The number of hydrogen-bond donors (Lipinski definition) is 4. The fourth-order valence-electron chi connectivity index (χ4n) is 4.10. The fourth-order valence-corrected chi connectivity index (χ4v) is 4.10. The summed E-state index contributed by atoms with van der Waals surface area (Å²) >= 11 is 0. The van der Waals surface area contributed by atoms with Crippen molar-refractivity contribution >= 4 is 24.4 Å². The summed E-state index contributed by atoms with van der Waals surface area (Å²) in [5.74, 6) is 0.338. The number of unbranched alkanes of at least 4 members (excludes halogenated alkanes) is 4. The van der Waals surface area contributed by atoms with Crippen molar-refractivity contribution in [3.8, 4) is 11.5 Å². The molecule has 0 spiro atoms. The van der Waals surface area contributed by atoms with Crippen molar-refractivity contribution in [3.63, 3.8) is 0 Å². The van der Waals surface area contributed by atoms with Crippen LogP contribution in [0.3, 0.4) is 0 Å². The summed E-state index contributed by atoms with van der Waals surface area (Å²) in [7, 11) is 9.92. The molecule has 0 radical (unpaired) electrons. The molecule has 1 rings (SSSR count). The van der Waals surface area contributed by atoms with Gasteiger partial charge in [-0.3, -0.25) is 9.59 Å². The van der Waals surface area contributed by atoms with Crippen LogP contribution in [0.15, 0.2) is 12.1 Å². The molecule has 0 atom stereocenters. The highest BCUT2D eigenvalue weighted by atomic mass is 16.6. The first kappa shape index (κ1) is 51.5. The molecule has 0 saturated carbocycles. The van der Waals surface area contributed by atoms with Gasteiger partial charge in [0, 0.05) is 45.3 Å². The molecule has 0 heterocycles. The van der Waals surface area contributed by atoms with Crippen LogP contribution < -0.4 is 30.7 Å². The molecule has 3 amide bonds. The Hall–Kier alpha value is -3.62. The molecule has 1 aromatic rings. The molecule has 0 aliphatic rings. The van der Waals surface area contributed by atoms with Gasteiger partial charge in [0.15, 0.2) is 6.29 Å². The zero-order valence-electron chi connectivity index (χ0n) is 35.3. The van der Waals surface area contributed by atoms with Crippen LogP contribution in [0.1, 0.15) is 115 Å². The van der Waals surface area contributed by atoms with Crippen LogP contribution in [0.5, 0.6) is 11.5 Å². The molecule has 0 bridgehead atoms. The van der Waals surface area contributed by atoms with Gasteiger partial charge in [0.05, 0.1) is 24.3 Å². The van der Waals surface area contributed by atoms with Crippen molar-refractivity contribution < 1.29 is 38.1 Å². The minimum Gasteiger partial charge on any atom is -0.493 e. The largest absolute Gasteiger partial charge is 0.493 e. The van der Waals surface area contributed by atoms with Crippen LogP contribution in [0.2, 0.25) is 0 Å². The maximum Gasteiger partial charge on any atom is 0.407 e. The van der Waals surface area contributed by atoms with Crippen molar-refractivity contribution in [2.75, 3.05) is 87.7 Å². The molecule has 0 fully saturated rings. The monoisotopic (exact) mass is 755 g/mol. The first-order chi connectivity index (χ1) is 24.9. The lowest BCUT2D eigenvalue weighted by Crippen LogP contribution is -2.33. The van der Waals surface area contributed by atoms with Gasteiger partial charge in [-0.2, -0.15) is 0 Å². The van der Waals surface area contributed by atoms with Crippen LogP contribution >= 0.6 is 0 Å². The first-order valence-corrected chi connectivity index (χ1v) is 18.9. The minimum atomic E-state index is -0.545. The average molecular weight is 755 g/mol. The third-order valence-electron chi connectivity index (χ3n) is 6.63. The summed E-state index contributed by atoms with van der Waals surface area (Å²) in [6.07, 6.45) is 4.25. The lowest BCUT2D eigenvalue weighted by Gasteiger charge is -2.19. The van der Waals surface area contributed by atoms with Gasteiger partial charge in [-0.1, -0.05) is 13.8 Å². The number of likely N-dealkylation sites (N-methyl/N-ethyl adjacent to an activating group) is 3. The second-order valence-electron chi connectivity index (χ2n) is 14.6. The molecule has 14 nitrogen and oxygen atoms in total. The van der Waals surface area contributed by atoms with Gasteiger partial charge in [0.1, 0.15) is 22.7 Å². The van der Waals surface area contributed by atoms with Crippen LogP contribution in [0.4, 0.5) is 9.59 Å². The lowest BCUT2D eigenvalue weighted by atomic mass is 10.1. The topological polar surface area (TPSA) is 160 Å². The van der Waals surface area contributed by atoms with E-state index < -0.39 is 23.4 Å². The van der Waals surface area contributed by atoms with Crippen LogP contribution in [-0.2, 0) is 9.47 Å². The van der Waals surface area contributed by atoms with Crippen LogP contribution in [0, 0.1) is 0 Å². The van der Waals surface area contributed by atoms with Crippen LogP contribution in [-0.4, -0.2) is 133 Å². The van der Waals surface area contributed by atoms with E-state index in [-0.39, 0.29) is 17.0 Å². The molecule has 14 heteroatoms. The minimum absolute atomic E-state index is 0.259. The summed E-state index contributed by atoms with van der Waals surface area (Å²) < 4.78 is 22.4. The van der Waals surface area contributed by atoms with Crippen molar-refractivity contribution in [1.29, 1.82) is 0 Å². The number of carbonyl (C=O) groups is 4. The number of aldehydes is 1. The Morgan fingerprint density at radius 2 is 1.09 bits per heavy atom. The van der Waals surface area contributed by atoms with E-state index in [0.717, 1.165) is 38.8 Å². The third kappa shape index (κ3) is 30.5. The predicted octanol–water partition coefficient (Wildman–Crippen LogP) is 5.73. The number of hydrogen-bond acceptors (Lipinski definition) is 11. The van der Waals surface area contributed by atoms with E-state index in [0.29, 0.717) is 70.0 Å².